The molecule has 0 bridgehead atoms. The Hall–Kier alpha value is -0.0400. The predicted octanol–water partition coefficient (Wildman–Crippen LogP) is 1.67. The van der Waals surface area contributed by atoms with Gasteiger partial charge in [-0.25, -0.2) is 0 Å². The van der Waals surface area contributed by atoms with Crippen molar-refractivity contribution < 1.29 is 14.3 Å². The molecule has 0 spiro atoms. The van der Waals surface area contributed by atoms with Crippen LogP contribution in [-0.2, 0) is 34.9 Å². The van der Waals surface area contributed by atoms with Crippen molar-refractivity contribution in [2.24, 2.45) is 5.92 Å². The fourth-order valence-electron chi connectivity index (χ4n) is 1.53. The molecule has 4 nitrogen and oxygen atoms in total. The molecule has 1 amide bonds. The molecule has 0 rings (SSSR count). The summed E-state index contributed by atoms with van der Waals surface area (Å²) < 4.78 is 10.7. The van der Waals surface area contributed by atoms with Crippen LogP contribution in [-0.4, -0.2) is 50.9 Å². The Bertz CT molecular complexity index is 273. The van der Waals surface area contributed by atoms with Crippen molar-refractivity contribution in [2.45, 2.75) is 33.1 Å². The van der Waals surface area contributed by atoms with Gasteiger partial charge in [0.1, 0.15) is 6.61 Å². The predicted molar refractivity (Wildman–Crippen MR) is 88.9 cm³/mol. The lowest BCUT2D eigenvalue weighted by atomic mass is 10.1. The molecule has 0 radical (unpaired) electrons. The van der Waals surface area contributed by atoms with E-state index in [0.29, 0.717) is 19.8 Å². The number of rotatable bonds is 13. The fourth-order valence-corrected chi connectivity index (χ4v) is 2.44. The molecule has 1 unspecified atom stereocenters. The maximum atomic E-state index is 11.4. The Morgan fingerprint density at radius 3 is 2.55 bits per heavy atom. The van der Waals surface area contributed by atoms with Crippen molar-refractivity contribution in [2.75, 3.05) is 45.0 Å². The van der Waals surface area contributed by atoms with Crippen LogP contribution < -0.4 is 5.32 Å². The second kappa shape index (κ2) is 13.9. The van der Waals surface area contributed by atoms with Gasteiger partial charge < -0.3 is 14.8 Å². The molecule has 6 heteroatoms. The zero-order valence-electron chi connectivity index (χ0n) is 13.0. The highest BCUT2D eigenvalue weighted by Crippen LogP contribution is 2.02. The molecule has 0 aromatic heterocycles. The standard InChI is InChI=1S/C14H29NO3S2/c1-13(2)6-4-8-17-9-10-18-12-14(16)15-7-5-11-20(3)19/h13H,4-12H2,1-3H3,(H,15,16). The van der Waals surface area contributed by atoms with Crippen LogP contribution in [0.3, 0.4) is 0 Å². The smallest absolute Gasteiger partial charge is 0.245 e. The van der Waals surface area contributed by atoms with Gasteiger partial charge in [0.05, 0.1) is 13.2 Å². The zero-order valence-corrected chi connectivity index (χ0v) is 14.6. The highest BCUT2D eigenvalue weighted by molar-refractivity contribution is 8.28. The molecule has 1 N–H and O–H groups in total. The van der Waals surface area contributed by atoms with Crippen LogP contribution in [0.4, 0.5) is 0 Å². The van der Waals surface area contributed by atoms with Gasteiger partial charge in [-0.1, -0.05) is 25.0 Å². The molecule has 1 atom stereocenters. The number of carbonyl (C=O) groups is 1. The summed E-state index contributed by atoms with van der Waals surface area (Å²) in [5, 5.41) is 2.82. The maximum Gasteiger partial charge on any atom is 0.245 e. The first kappa shape index (κ1) is 20.0. The highest BCUT2D eigenvalue weighted by Gasteiger charge is 2.00. The Labute approximate surface area is 130 Å². The SMILES string of the molecule is CC(C)CCCOCCOCC(=O)NCCCS(C)=S. The first-order valence-corrected chi connectivity index (χ1v) is 9.97. The first-order valence-electron chi connectivity index (χ1n) is 7.24. The van der Waals surface area contributed by atoms with E-state index in [1.54, 1.807) is 0 Å². The molecular formula is C14H29NO3S2. The Morgan fingerprint density at radius 1 is 1.20 bits per heavy atom. The van der Waals surface area contributed by atoms with Gasteiger partial charge in [-0.2, -0.15) is 0 Å². The van der Waals surface area contributed by atoms with Crippen molar-refractivity contribution in [3.63, 3.8) is 0 Å². The molecule has 20 heavy (non-hydrogen) atoms. The van der Waals surface area contributed by atoms with E-state index in [9.17, 15) is 4.79 Å². The van der Waals surface area contributed by atoms with Gasteiger partial charge in [0.25, 0.3) is 0 Å². The second-order valence-electron chi connectivity index (χ2n) is 5.18. The van der Waals surface area contributed by atoms with Gasteiger partial charge in [-0.05, 0) is 37.2 Å². The molecule has 0 saturated heterocycles. The minimum absolute atomic E-state index is 0.0398. The van der Waals surface area contributed by atoms with Crippen molar-refractivity contribution >= 4 is 26.5 Å². The van der Waals surface area contributed by atoms with E-state index in [0.717, 1.165) is 31.1 Å². The number of hydrogen-bond donors (Lipinski definition) is 1. The van der Waals surface area contributed by atoms with Crippen LogP contribution >= 0.6 is 0 Å². The molecule has 0 aliphatic heterocycles. The molecule has 0 saturated carbocycles. The largest absolute Gasteiger partial charge is 0.379 e. The Morgan fingerprint density at radius 2 is 1.90 bits per heavy atom. The average molecular weight is 324 g/mol. The fraction of sp³-hybridized carbons (Fsp3) is 0.929. The summed E-state index contributed by atoms with van der Waals surface area (Å²) in [5.41, 5.74) is 0. The van der Waals surface area contributed by atoms with Gasteiger partial charge in [-0.15, -0.1) is 9.45 Å². The van der Waals surface area contributed by atoms with Gasteiger partial charge in [0.2, 0.25) is 5.91 Å². The summed E-state index contributed by atoms with van der Waals surface area (Å²) in [6.07, 6.45) is 5.24. The van der Waals surface area contributed by atoms with E-state index in [1.165, 1.54) is 6.42 Å². The van der Waals surface area contributed by atoms with Crippen LogP contribution in [0.1, 0.15) is 33.1 Å². The topological polar surface area (TPSA) is 47.6 Å². The van der Waals surface area contributed by atoms with E-state index in [2.05, 4.69) is 19.2 Å². The molecular weight excluding hydrogens is 294 g/mol. The third-order valence-electron chi connectivity index (χ3n) is 2.61. The number of ether oxygens (including phenoxy) is 2. The first-order chi connectivity index (χ1) is 9.52. The van der Waals surface area contributed by atoms with Crippen molar-refractivity contribution in [1.82, 2.24) is 5.32 Å². The summed E-state index contributed by atoms with van der Waals surface area (Å²) in [4.78, 5) is 11.4. The summed E-state index contributed by atoms with van der Waals surface area (Å²) in [6.45, 7) is 7.01. The van der Waals surface area contributed by atoms with E-state index in [4.69, 9.17) is 20.7 Å². The molecule has 0 aliphatic rings. The molecule has 0 aromatic carbocycles. The Balaban J connectivity index is 3.21. The summed E-state index contributed by atoms with van der Waals surface area (Å²) in [5.74, 6) is 1.65. The minimum Gasteiger partial charge on any atom is -0.379 e. The molecule has 0 fully saturated rings. The number of amides is 1. The van der Waals surface area contributed by atoms with Crippen LogP contribution in [0.5, 0.6) is 0 Å². The van der Waals surface area contributed by atoms with Crippen LogP contribution in [0, 0.1) is 5.92 Å². The van der Waals surface area contributed by atoms with Crippen LogP contribution in [0.15, 0.2) is 0 Å². The van der Waals surface area contributed by atoms with Crippen molar-refractivity contribution in [1.29, 1.82) is 0 Å². The number of nitrogens with one attached hydrogen (secondary N) is 1. The van der Waals surface area contributed by atoms with E-state index >= 15 is 0 Å². The van der Waals surface area contributed by atoms with Gasteiger partial charge in [0, 0.05) is 13.2 Å². The van der Waals surface area contributed by atoms with Gasteiger partial charge in [-0.3, -0.25) is 4.79 Å². The minimum atomic E-state index is -0.0647. The highest BCUT2D eigenvalue weighted by atomic mass is 32.8. The summed E-state index contributed by atoms with van der Waals surface area (Å²) in [6, 6.07) is 0. The second-order valence-corrected chi connectivity index (χ2v) is 8.44. The molecule has 0 aromatic rings. The quantitative estimate of drug-likeness (QED) is 0.524. The molecule has 0 aliphatic carbocycles. The van der Waals surface area contributed by atoms with Crippen LogP contribution in [0.2, 0.25) is 0 Å². The summed E-state index contributed by atoms with van der Waals surface area (Å²) >= 11 is 5.08. The third-order valence-corrected chi connectivity index (χ3v) is 3.97. The number of carbonyl (C=O) groups excluding carboxylic acids is 1. The van der Waals surface area contributed by atoms with Crippen molar-refractivity contribution in [3.8, 4) is 0 Å². The maximum absolute atomic E-state index is 11.4. The Kier molecular flexibility index (Phi) is 13.9. The molecule has 0 heterocycles. The molecule has 120 valence electrons. The van der Waals surface area contributed by atoms with E-state index in [1.807, 2.05) is 6.26 Å². The average Bonchev–Trinajstić information content (AvgIpc) is 2.37. The zero-order chi connectivity index (χ0) is 15.2. The van der Waals surface area contributed by atoms with Gasteiger partial charge >= 0.3 is 0 Å². The van der Waals surface area contributed by atoms with E-state index in [-0.39, 0.29) is 22.0 Å². The monoisotopic (exact) mass is 323 g/mol. The number of hydrogen-bond acceptors (Lipinski definition) is 4. The summed E-state index contributed by atoms with van der Waals surface area (Å²) in [7, 11) is 0.0398. The third kappa shape index (κ3) is 16.0. The van der Waals surface area contributed by atoms with E-state index < -0.39 is 0 Å². The normalized spacial score (nSPS) is 12.6. The lowest BCUT2D eigenvalue weighted by molar-refractivity contribution is -0.126. The lowest BCUT2D eigenvalue weighted by Crippen LogP contribution is -2.29. The lowest BCUT2D eigenvalue weighted by Gasteiger charge is -2.08. The van der Waals surface area contributed by atoms with Crippen LogP contribution in [0.25, 0.3) is 0 Å². The van der Waals surface area contributed by atoms with Gasteiger partial charge in [0.15, 0.2) is 0 Å². The van der Waals surface area contributed by atoms with Crippen molar-refractivity contribution in [3.05, 3.63) is 0 Å².